The van der Waals surface area contributed by atoms with E-state index in [1.165, 1.54) is 173 Å². The van der Waals surface area contributed by atoms with Gasteiger partial charge in [0.1, 0.15) is 19.8 Å². The van der Waals surface area contributed by atoms with E-state index >= 15 is 0 Å². The molecule has 2 atom stereocenters. The number of nitrogens with zero attached hydrogens (tertiary/aromatic N) is 1. The largest absolute Gasteiger partial charge is 0.756 e. The molecule has 0 aliphatic heterocycles. The van der Waals surface area contributed by atoms with E-state index in [1.54, 1.807) is 0 Å². The van der Waals surface area contributed by atoms with Crippen LogP contribution in [0.3, 0.4) is 0 Å². The normalized spacial score (nSPS) is 13.5. The van der Waals surface area contributed by atoms with Crippen molar-refractivity contribution in [3.8, 4) is 0 Å². The summed E-state index contributed by atoms with van der Waals surface area (Å²) in [6.07, 6.45) is 46.8. The van der Waals surface area contributed by atoms with Gasteiger partial charge in [-0.3, -0.25) is 14.2 Å². The Morgan fingerprint density at radius 3 is 1.27 bits per heavy atom. The molecule has 1 unspecified atom stereocenters. The summed E-state index contributed by atoms with van der Waals surface area (Å²) in [4.78, 5) is 37.6. The maximum absolute atomic E-state index is 12.7. The molecule has 356 valence electrons. The fourth-order valence-electron chi connectivity index (χ4n) is 7.30. The van der Waals surface area contributed by atoms with Crippen molar-refractivity contribution in [3.05, 3.63) is 12.2 Å². The Hall–Kier alpha value is -1.25. The molecule has 0 aromatic rings. The number of likely N-dealkylation sites (N-methyl/N-ethyl adjacent to an activating group) is 1. The molecule has 0 spiro atoms. The molecule has 9 nitrogen and oxygen atoms in total. The molecule has 0 heterocycles. The van der Waals surface area contributed by atoms with Crippen LogP contribution in [-0.4, -0.2) is 70.0 Å². The molecular formula is C50H98NO8P. The lowest BCUT2D eigenvalue weighted by molar-refractivity contribution is -0.870. The third kappa shape index (κ3) is 46.3. The number of carbonyl (C=O) groups excluding carboxylic acids is 2. The number of unbranched alkanes of at least 4 members (excludes halogenated alkanes) is 31. The molecule has 0 N–H and O–H groups in total. The number of esters is 2. The summed E-state index contributed by atoms with van der Waals surface area (Å²) in [6, 6.07) is 0. The highest BCUT2D eigenvalue weighted by Crippen LogP contribution is 2.38. The number of carbonyl (C=O) groups is 2. The Bertz CT molecular complexity index is 1030. The molecule has 0 aliphatic rings. The van der Waals surface area contributed by atoms with Crippen molar-refractivity contribution >= 4 is 19.8 Å². The summed E-state index contributed by atoms with van der Waals surface area (Å²) in [5, 5.41) is 0. The molecule has 0 aliphatic carbocycles. The number of phosphoric acid groups is 1. The standard InChI is InChI=1S/C50H98NO8P/c1-6-8-10-12-14-16-18-20-22-23-24-25-26-27-29-30-32-34-36-38-40-42-49(52)56-46-48(47-58-60(54,55)57-45-44-51(3,4)5)59-50(53)43-41-39-37-35-33-31-28-21-19-17-15-13-11-9-7-2/h33,35,48H,6-32,34,36-47H2,1-5H3/b35-33+/t48-/m0/s1. The van der Waals surface area contributed by atoms with Crippen LogP contribution in [0, 0.1) is 0 Å². The van der Waals surface area contributed by atoms with E-state index in [9.17, 15) is 19.0 Å². The van der Waals surface area contributed by atoms with Crippen LogP contribution in [0.5, 0.6) is 0 Å². The van der Waals surface area contributed by atoms with Crippen LogP contribution in [0.15, 0.2) is 12.2 Å². The van der Waals surface area contributed by atoms with E-state index in [2.05, 4.69) is 26.0 Å². The van der Waals surface area contributed by atoms with E-state index in [1.807, 2.05) is 21.1 Å². The minimum Gasteiger partial charge on any atom is -0.756 e. The van der Waals surface area contributed by atoms with Crippen LogP contribution >= 0.6 is 7.82 Å². The lowest BCUT2D eigenvalue weighted by Gasteiger charge is -2.28. The summed E-state index contributed by atoms with van der Waals surface area (Å²) in [5.74, 6) is -0.845. The van der Waals surface area contributed by atoms with Crippen LogP contribution in [-0.2, 0) is 32.7 Å². The first-order chi connectivity index (χ1) is 29.0. The van der Waals surface area contributed by atoms with E-state index in [0.29, 0.717) is 17.4 Å². The zero-order valence-corrected chi connectivity index (χ0v) is 41.1. The zero-order chi connectivity index (χ0) is 44.3. The Morgan fingerprint density at radius 2 is 0.850 bits per heavy atom. The second kappa shape index (κ2) is 43.0. The molecule has 0 saturated heterocycles. The minimum atomic E-state index is -4.63. The Morgan fingerprint density at radius 1 is 0.500 bits per heavy atom. The highest BCUT2D eigenvalue weighted by Gasteiger charge is 2.21. The summed E-state index contributed by atoms with van der Waals surface area (Å²) >= 11 is 0. The summed E-state index contributed by atoms with van der Waals surface area (Å²) < 4.78 is 34.0. The van der Waals surface area contributed by atoms with Crippen LogP contribution in [0.25, 0.3) is 0 Å². The van der Waals surface area contributed by atoms with Crippen molar-refractivity contribution in [2.24, 2.45) is 0 Å². The first-order valence-corrected chi connectivity index (χ1v) is 26.9. The van der Waals surface area contributed by atoms with Gasteiger partial charge >= 0.3 is 11.9 Å². The van der Waals surface area contributed by atoms with Gasteiger partial charge in [-0.1, -0.05) is 206 Å². The maximum Gasteiger partial charge on any atom is 0.306 e. The van der Waals surface area contributed by atoms with E-state index in [-0.39, 0.29) is 32.0 Å². The van der Waals surface area contributed by atoms with Crippen molar-refractivity contribution in [2.45, 2.75) is 251 Å². The highest BCUT2D eigenvalue weighted by atomic mass is 31.2. The second-order valence-electron chi connectivity index (χ2n) is 18.5. The van der Waals surface area contributed by atoms with E-state index in [4.69, 9.17) is 18.5 Å². The molecule has 0 saturated carbocycles. The topological polar surface area (TPSA) is 111 Å². The molecule has 0 fully saturated rings. The van der Waals surface area contributed by atoms with Crippen molar-refractivity contribution in [2.75, 3.05) is 47.5 Å². The predicted molar refractivity (Wildman–Crippen MR) is 250 cm³/mol. The van der Waals surface area contributed by atoms with Crippen LogP contribution in [0.2, 0.25) is 0 Å². The molecular weight excluding hydrogens is 774 g/mol. The van der Waals surface area contributed by atoms with Gasteiger partial charge in [0.15, 0.2) is 6.10 Å². The molecule has 0 aromatic carbocycles. The molecule has 0 amide bonds. The van der Waals surface area contributed by atoms with Crippen LogP contribution < -0.4 is 4.89 Å². The smallest absolute Gasteiger partial charge is 0.306 e. The molecule has 10 heteroatoms. The van der Waals surface area contributed by atoms with Gasteiger partial charge < -0.3 is 27.9 Å². The third-order valence-electron chi connectivity index (χ3n) is 11.3. The van der Waals surface area contributed by atoms with Gasteiger partial charge in [0.2, 0.25) is 0 Å². The average molecular weight is 872 g/mol. The van der Waals surface area contributed by atoms with Gasteiger partial charge in [-0.05, 0) is 38.5 Å². The number of allylic oxidation sites excluding steroid dienone is 2. The van der Waals surface area contributed by atoms with E-state index in [0.717, 1.165) is 38.5 Å². The number of rotatable bonds is 47. The van der Waals surface area contributed by atoms with Crippen molar-refractivity contribution in [1.82, 2.24) is 0 Å². The summed E-state index contributed by atoms with van der Waals surface area (Å²) in [7, 11) is 1.17. The predicted octanol–water partition coefficient (Wildman–Crippen LogP) is 14.3. The lowest BCUT2D eigenvalue weighted by atomic mass is 10.0. The second-order valence-corrected chi connectivity index (χ2v) is 20.0. The third-order valence-corrected chi connectivity index (χ3v) is 12.2. The Balaban J connectivity index is 4.21. The molecule has 60 heavy (non-hydrogen) atoms. The van der Waals surface area contributed by atoms with Crippen molar-refractivity contribution < 1.29 is 42.1 Å². The van der Waals surface area contributed by atoms with Gasteiger partial charge in [-0.2, -0.15) is 0 Å². The fourth-order valence-corrected chi connectivity index (χ4v) is 8.03. The summed E-state index contributed by atoms with van der Waals surface area (Å²) in [5.41, 5.74) is 0. The molecule has 0 bridgehead atoms. The lowest BCUT2D eigenvalue weighted by Crippen LogP contribution is -2.37. The Kier molecular flexibility index (Phi) is 42.1. The number of ether oxygens (including phenoxy) is 2. The first kappa shape index (κ1) is 58.8. The molecule has 0 radical (unpaired) electrons. The molecule has 0 aromatic heterocycles. The quantitative estimate of drug-likeness (QED) is 0.0195. The fraction of sp³-hybridized carbons (Fsp3) is 0.920. The van der Waals surface area contributed by atoms with Gasteiger partial charge in [0.05, 0.1) is 27.7 Å². The number of phosphoric ester groups is 1. The van der Waals surface area contributed by atoms with Gasteiger partial charge in [0.25, 0.3) is 7.82 Å². The number of hydrogen-bond acceptors (Lipinski definition) is 8. The number of hydrogen-bond donors (Lipinski definition) is 0. The average Bonchev–Trinajstić information content (AvgIpc) is 3.20. The summed E-state index contributed by atoms with van der Waals surface area (Å²) in [6.45, 7) is 4.25. The Labute approximate surface area is 371 Å². The van der Waals surface area contributed by atoms with Crippen molar-refractivity contribution in [1.29, 1.82) is 0 Å². The first-order valence-electron chi connectivity index (χ1n) is 25.4. The minimum absolute atomic E-state index is 0.0309. The van der Waals surface area contributed by atoms with Gasteiger partial charge in [-0.15, -0.1) is 0 Å². The van der Waals surface area contributed by atoms with E-state index < -0.39 is 26.5 Å². The SMILES string of the molecule is CCCCCCCCCCC/C=C/CCCCC(=O)O[C@@H](COC(=O)CCCCCCCCCCCCCCCCCCCCCCC)COP(=O)([O-])OCC[N+](C)(C)C. The van der Waals surface area contributed by atoms with Crippen LogP contribution in [0.1, 0.15) is 245 Å². The monoisotopic (exact) mass is 872 g/mol. The van der Waals surface area contributed by atoms with Crippen LogP contribution in [0.4, 0.5) is 0 Å². The van der Waals surface area contributed by atoms with Gasteiger partial charge in [0, 0.05) is 12.8 Å². The maximum atomic E-state index is 12.7. The number of quaternary nitrogens is 1. The van der Waals surface area contributed by atoms with Crippen molar-refractivity contribution in [3.63, 3.8) is 0 Å². The highest BCUT2D eigenvalue weighted by molar-refractivity contribution is 7.45. The van der Waals surface area contributed by atoms with Gasteiger partial charge in [-0.25, -0.2) is 0 Å². The zero-order valence-electron chi connectivity index (χ0n) is 40.2. The molecule has 0 rings (SSSR count).